The van der Waals surface area contributed by atoms with Gasteiger partial charge in [0.2, 0.25) is 0 Å². The second-order valence-corrected chi connectivity index (χ2v) is 4.77. The third kappa shape index (κ3) is 3.50. The summed E-state index contributed by atoms with van der Waals surface area (Å²) < 4.78 is 11.1. The van der Waals surface area contributed by atoms with Crippen LogP contribution in [0.4, 0.5) is 0 Å². The highest BCUT2D eigenvalue weighted by Crippen LogP contribution is 2.31. The van der Waals surface area contributed by atoms with Crippen LogP contribution in [-0.2, 0) is 4.79 Å². The SMILES string of the molecule is CCOc1cccc(C=O)c1OC(C)C(=O)NC1CC1. The van der Waals surface area contributed by atoms with Crippen molar-refractivity contribution in [1.29, 1.82) is 0 Å². The van der Waals surface area contributed by atoms with Gasteiger partial charge in [-0.25, -0.2) is 0 Å². The van der Waals surface area contributed by atoms with Gasteiger partial charge < -0.3 is 14.8 Å². The van der Waals surface area contributed by atoms with E-state index >= 15 is 0 Å². The number of rotatable bonds is 7. The highest BCUT2D eigenvalue weighted by atomic mass is 16.5. The van der Waals surface area contributed by atoms with Gasteiger partial charge in [-0.1, -0.05) is 6.07 Å². The Morgan fingerprint density at radius 1 is 1.50 bits per heavy atom. The molecule has 5 nitrogen and oxygen atoms in total. The lowest BCUT2D eigenvalue weighted by atomic mass is 10.2. The van der Waals surface area contributed by atoms with Crippen LogP contribution in [0.25, 0.3) is 0 Å². The van der Waals surface area contributed by atoms with Gasteiger partial charge in [0.05, 0.1) is 12.2 Å². The number of benzene rings is 1. The monoisotopic (exact) mass is 277 g/mol. The average molecular weight is 277 g/mol. The molecular weight excluding hydrogens is 258 g/mol. The van der Waals surface area contributed by atoms with Crippen LogP contribution in [0.3, 0.4) is 0 Å². The summed E-state index contributed by atoms with van der Waals surface area (Å²) >= 11 is 0. The van der Waals surface area contributed by atoms with E-state index in [9.17, 15) is 9.59 Å². The van der Waals surface area contributed by atoms with Crippen LogP contribution in [0.2, 0.25) is 0 Å². The molecule has 0 heterocycles. The number of para-hydroxylation sites is 1. The number of amides is 1. The van der Waals surface area contributed by atoms with Gasteiger partial charge in [-0.3, -0.25) is 9.59 Å². The zero-order chi connectivity index (χ0) is 14.5. The molecule has 1 unspecified atom stereocenters. The van der Waals surface area contributed by atoms with Crippen molar-refractivity contribution >= 4 is 12.2 Å². The Hall–Kier alpha value is -2.04. The van der Waals surface area contributed by atoms with Gasteiger partial charge in [0, 0.05) is 6.04 Å². The fourth-order valence-corrected chi connectivity index (χ4v) is 1.80. The average Bonchev–Trinajstić information content (AvgIpc) is 3.24. The van der Waals surface area contributed by atoms with E-state index in [1.54, 1.807) is 25.1 Å². The van der Waals surface area contributed by atoms with Gasteiger partial charge in [0.15, 0.2) is 23.9 Å². The Balaban J connectivity index is 2.12. The molecule has 2 rings (SSSR count). The molecule has 5 heteroatoms. The number of carbonyl (C=O) groups excluding carboxylic acids is 2. The third-order valence-electron chi connectivity index (χ3n) is 3.02. The standard InChI is InChI=1S/C15H19NO4/c1-3-19-13-6-4-5-11(9-17)14(13)20-10(2)15(18)16-12-7-8-12/h4-6,9-10,12H,3,7-8H2,1-2H3,(H,16,18). The van der Waals surface area contributed by atoms with Crippen molar-refractivity contribution in [2.24, 2.45) is 0 Å². The zero-order valence-electron chi connectivity index (χ0n) is 11.7. The first kappa shape index (κ1) is 14.4. The molecule has 1 aliphatic carbocycles. The van der Waals surface area contributed by atoms with Crippen LogP contribution in [0, 0.1) is 0 Å². The van der Waals surface area contributed by atoms with Crippen molar-refractivity contribution in [3.63, 3.8) is 0 Å². The molecule has 0 aromatic heterocycles. The lowest BCUT2D eigenvalue weighted by molar-refractivity contribution is -0.127. The van der Waals surface area contributed by atoms with Crippen molar-refractivity contribution in [1.82, 2.24) is 5.32 Å². The lowest BCUT2D eigenvalue weighted by Gasteiger charge is -2.18. The Morgan fingerprint density at radius 2 is 2.25 bits per heavy atom. The summed E-state index contributed by atoms with van der Waals surface area (Å²) in [6.45, 7) is 3.97. The van der Waals surface area contributed by atoms with Crippen molar-refractivity contribution in [2.45, 2.75) is 38.8 Å². The van der Waals surface area contributed by atoms with Crippen molar-refractivity contribution in [3.8, 4) is 11.5 Å². The summed E-state index contributed by atoms with van der Waals surface area (Å²) in [5.74, 6) is 0.626. The molecular formula is C15H19NO4. The molecule has 1 N–H and O–H groups in total. The van der Waals surface area contributed by atoms with E-state index in [0.29, 0.717) is 30.0 Å². The first-order chi connectivity index (χ1) is 9.65. The molecule has 1 aromatic carbocycles. The summed E-state index contributed by atoms with van der Waals surface area (Å²) in [6.07, 6.45) is 2.07. The van der Waals surface area contributed by atoms with Crippen LogP contribution in [0.5, 0.6) is 11.5 Å². The highest BCUT2D eigenvalue weighted by Gasteiger charge is 2.27. The number of ether oxygens (including phenoxy) is 2. The molecule has 1 aliphatic rings. The van der Waals surface area contributed by atoms with Gasteiger partial charge in [-0.15, -0.1) is 0 Å². The second-order valence-electron chi connectivity index (χ2n) is 4.77. The van der Waals surface area contributed by atoms with E-state index in [2.05, 4.69) is 5.32 Å². The number of hydrogen-bond acceptors (Lipinski definition) is 4. The normalized spacial score (nSPS) is 15.3. The Bertz CT molecular complexity index is 497. The number of carbonyl (C=O) groups is 2. The van der Waals surface area contributed by atoms with Gasteiger partial charge in [-0.05, 0) is 38.8 Å². The summed E-state index contributed by atoms with van der Waals surface area (Å²) in [6, 6.07) is 5.35. The summed E-state index contributed by atoms with van der Waals surface area (Å²) in [5.41, 5.74) is 0.377. The van der Waals surface area contributed by atoms with Gasteiger partial charge in [-0.2, -0.15) is 0 Å². The smallest absolute Gasteiger partial charge is 0.260 e. The summed E-state index contributed by atoms with van der Waals surface area (Å²) in [5, 5.41) is 2.87. The van der Waals surface area contributed by atoms with Crippen LogP contribution < -0.4 is 14.8 Å². The topological polar surface area (TPSA) is 64.6 Å². The van der Waals surface area contributed by atoms with E-state index in [-0.39, 0.29) is 11.9 Å². The molecule has 108 valence electrons. The fraction of sp³-hybridized carbons (Fsp3) is 0.467. The Morgan fingerprint density at radius 3 is 2.85 bits per heavy atom. The molecule has 1 saturated carbocycles. The first-order valence-electron chi connectivity index (χ1n) is 6.83. The second kappa shape index (κ2) is 6.41. The third-order valence-corrected chi connectivity index (χ3v) is 3.02. The summed E-state index contributed by atoms with van der Waals surface area (Å²) in [4.78, 5) is 23.0. The minimum atomic E-state index is -0.670. The maximum Gasteiger partial charge on any atom is 0.260 e. The minimum Gasteiger partial charge on any atom is -0.490 e. The fourth-order valence-electron chi connectivity index (χ4n) is 1.80. The quantitative estimate of drug-likeness (QED) is 0.774. The van der Waals surface area contributed by atoms with Gasteiger partial charge in [0.25, 0.3) is 5.91 Å². The maximum atomic E-state index is 11.9. The maximum absolute atomic E-state index is 11.9. The first-order valence-corrected chi connectivity index (χ1v) is 6.83. The molecule has 1 atom stereocenters. The molecule has 0 radical (unpaired) electrons. The predicted octanol–water partition coefficient (Wildman–Crippen LogP) is 1.94. The molecule has 20 heavy (non-hydrogen) atoms. The molecule has 0 aliphatic heterocycles. The van der Waals surface area contributed by atoms with E-state index in [0.717, 1.165) is 12.8 Å². The van der Waals surface area contributed by atoms with Crippen LogP contribution in [-0.4, -0.2) is 30.9 Å². The molecule has 1 amide bonds. The highest BCUT2D eigenvalue weighted by molar-refractivity contribution is 5.84. The lowest BCUT2D eigenvalue weighted by Crippen LogP contribution is -2.37. The predicted molar refractivity (Wildman–Crippen MR) is 74.3 cm³/mol. The van der Waals surface area contributed by atoms with E-state index in [1.807, 2.05) is 6.92 Å². The van der Waals surface area contributed by atoms with E-state index < -0.39 is 6.10 Å². The molecule has 0 saturated heterocycles. The molecule has 0 bridgehead atoms. The largest absolute Gasteiger partial charge is 0.490 e. The van der Waals surface area contributed by atoms with Crippen molar-refractivity contribution in [2.75, 3.05) is 6.61 Å². The number of hydrogen-bond donors (Lipinski definition) is 1. The Kier molecular flexibility index (Phi) is 4.61. The molecule has 1 fully saturated rings. The minimum absolute atomic E-state index is 0.171. The Labute approximate surface area is 118 Å². The van der Waals surface area contributed by atoms with E-state index in [1.165, 1.54) is 0 Å². The molecule has 0 spiro atoms. The number of nitrogens with one attached hydrogen (secondary N) is 1. The van der Waals surface area contributed by atoms with Gasteiger partial charge >= 0.3 is 0 Å². The molecule has 1 aromatic rings. The van der Waals surface area contributed by atoms with Gasteiger partial charge in [0.1, 0.15) is 0 Å². The van der Waals surface area contributed by atoms with E-state index in [4.69, 9.17) is 9.47 Å². The van der Waals surface area contributed by atoms with Crippen LogP contribution >= 0.6 is 0 Å². The van der Waals surface area contributed by atoms with Crippen LogP contribution in [0.15, 0.2) is 18.2 Å². The summed E-state index contributed by atoms with van der Waals surface area (Å²) in [7, 11) is 0. The van der Waals surface area contributed by atoms with Crippen LogP contribution in [0.1, 0.15) is 37.0 Å². The van der Waals surface area contributed by atoms with Crippen molar-refractivity contribution < 1.29 is 19.1 Å². The zero-order valence-corrected chi connectivity index (χ0v) is 11.7. The number of aldehydes is 1. The van der Waals surface area contributed by atoms with Crippen molar-refractivity contribution in [3.05, 3.63) is 23.8 Å².